The molecule has 2 atom stereocenters. The van der Waals surface area contributed by atoms with Gasteiger partial charge >= 0.3 is 5.97 Å². The number of nitrogens with zero attached hydrogens (tertiary/aromatic N) is 1. The van der Waals surface area contributed by atoms with Crippen LogP contribution in [-0.4, -0.2) is 16.1 Å². The standard InChI is InChI=1S/C15H17NO2S2/c1-9-2-3-10(6-9)15-16-12(8-19-15)13-5-4-11(20-13)7-14(17)18/h4-5,8-10H,2-3,6-7H2,1H3,(H,17,18). The van der Waals surface area contributed by atoms with Crippen LogP contribution >= 0.6 is 22.7 Å². The molecule has 1 aliphatic carbocycles. The second-order valence-electron chi connectivity index (χ2n) is 5.52. The number of aromatic nitrogens is 1. The molecule has 1 fully saturated rings. The SMILES string of the molecule is CC1CCC(c2nc(-c3ccc(CC(=O)O)s3)cs2)C1. The quantitative estimate of drug-likeness (QED) is 0.910. The van der Waals surface area contributed by atoms with Gasteiger partial charge in [0.05, 0.1) is 22.0 Å². The lowest BCUT2D eigenvalue weighted by Crippen LogP contribution is -1.96. The summed E-state index contributed by atoms with van der Waals surface area (Å²) in [6.07, 6.45) is 3.91. The van der Waals surface area contributed by atoms with Gasteiger partial charge in [-0.15, -0.1) is 22.7 Å². The Labute approximate surface area is 126 Å². The van der Waals surface area contributed by atoms with Gasteiger partial charge in [0.15, 0.2) is 0 Å². The molecule has 0 aromatic carbocycles. The zero-order valence-corrected chi connectivity index (χ0v) is 13.0. The van der Waals surface area contributed by atoms with Crippen LogP contribution in [0.5, 0.6) is 0 Å². The van der Waals surface area contributed by atoms with Crippen molar-refractivity contribution in [3.05, 3.63) is 27.4 Å². The molecule has 0 spiro atoms. The molecule has 3 nitrogen and oxygen atoms in total. The molecule has 5 heteroatoms. The van der Waals surface area contributed by atoms with Gasteiger partial charge in [0.25, 0.3) is 0 Å². The molecule has 3 rings (SSSR count). The van der Waals surface area contributed by atoms with E-state index in [1.807, 2.05) is 12.1 Å². The Morgan fingerprint density at radius 2 is 2.30 bits per heavy atom. The van der Waals surface area contributed by atoms with Crippen molar-refractivity contribution in [2.45, 2.75) is 38.5 Å². The molecule has 2 unspecified atom stereocenters. The summed E-state index contributed by atoms with van der Waals surface area (Å²) in [5.74, 6) is 0.663. The van der Waals surface area contributed by atoms with Gasteiger partial charge in [0.2, 0.25) is 0 Å². The normalized spacial score (nSPS) is 22.2. The molecule has 0 radical (unpaired) electrons. The maximum Gasteiger partial charge on any atom is 0.308 e. The van der Waals surface area contributed by atoms with Crippen molar-refractivity contribution in [3.8, 4) is 10.6 Å². The lowest BCUT2D eigenvalue weighted by Gasteiger charge is -2.03. The highest BCUT2D eigenvalue weighted by molar-refractivity contribution is 7.16. The minimum Gasteiger partial charge on any atom is -0.481 e. The molecule has 2 aromatic heterocycles. The fourth-order valence-electron chi connectivity index (χ4n) is 2.78. The van der Waals surface area contributed by atoms with Crippen LogP contribution in [0.3, 0.4) is 0 Å². The Bertz CT molecular complexity index is 617. The molecule has 2 aromatic rings. The summed E-state index contributed by atoms with van der Waals surface area (Å²) >= 11 is 3.28. The maximum atomic E-state index is 10.7. The van der Waals surface area contributed by atoms with E-state index < -0.39 is 5.97 Å². The summed E-state index contributed by atoms with van der Waals surface area (Å²) in [4.78, 5) is 17.5. The minimum atomic E-state index is -0.780. The molecule has 2 heterocycles. The molecule has 1 N–H and O–H groups in total. The van der Waals surface area contributed by atoms with Crippen molar-refractivity contribution < 1.29 is 9.90 Å². The van der Waals surface area contributed by atoms with Crippen LogP contribution in [0.4, 0.5) is 0 Å². The van der Waals surface area contributed by atoms with E-state index in [0.29, 0.717) is 5.92 Å². The van der Waals surface area contributed by atoms with Crippen molar-refractivity contribution in [2.75, 3.05) is 0 Å². The zero-order chi connectivity index (χ0) is 14.1. The van der Waals surface area contributed by atoms with Gasteiger partial charge in [0.1, 0.15) is 0 Å². The van der Waals surface area contributed by atoms with Gasteiger partial charge in [-0.25, -0.2) is 4.98 Å². The monoisotopic (exact) mass is 307 g/mol. The third-order valence-corrected chi connectivity index (χ3v) is 5.92. The van der Waals surface area contributed by atoms with Crippen LogP contribution in [0.15, 0.2) is 17.5 Å². The van der Waals surface area contributed by atoms with Gasteiger partial charge in [-0.1, -0.05) is 13.3 Å². The van der Waals surface area contributed by atoms with E-state index in [0.717, 1.165) is 21.4 Å². The fourth-order valence-corrected chi connectivity index (χ4v) is 4.78. The van der Waals surface area contributed by atoms with Gasteiger partial charge < -0.3 is 5.11 Å². The predicted octanol–water partition coefficient (Wildman–Crippen LogP) is 4.40. The first-order valence-corrected chi connectivity index (χ1v) is 8.57. The molecule has 0 amide bonds. The highest BCUT2D eigenvalue weighted by Gasteiger charge is 2.25. The lowest BCUT2D eigenvalue weighted by atomic mass is 10.1. The molecule has 106 valence electrons. The topological polar surface area (TPSA) is 50.2 Å². The Hall–Kier alpha value is -1.20. The van der Waals surface area contributed by atoms with Gasteiger partial charge in [-0.3, -0.25) is 4.79 Å². The van der Waals surface area contributed by atoms with Crippen molar-refractivity contribution >= 4 is 28.6 Å². The average molecular weight is 307 g/mol. The highest BCUT2D eigenvalue weighted by atomic mass is 32.1. The Morgan fingerprint density at radius 1 is 1.45 bits per heavy atom. The summed E-state index contributed by atoms with van der Waals surface area (Å²) in [5, 5.41) is 12.2. The van der Waals surface area contributed by atoms with E-state index in [1.165, 1.54) is 35.6 Å². The van der Waals surface area contributed by atoms with Gasteiger partial charge in [0, 0.05) is 16.2 Å². The minimum absolute atomic E-state index is 0.0990. The largest absolute Gasteiger partial charge is 0.481 e. The second-order valence-corrected chi connectivity index (χ2v) is 7.58. The first kappa shape index (κ1) is 13.8. The van der Waals surface area contributed by atoms with Crippen LogP contribution in [-0.2, 0) is 11.2 Å². The third kappa shape index (κ3) is 2.94. The molecular weight excluding hydrogens is 290 g/mol. The van der Waals surface area contributed by atoms with E-state index in [2.05, 4.69) is 12.3 Å². The van der Waals surface area contributed by atoms with Crippen LogP contribution in [0.25, 0.3) is 10.6 Å². The molecule has 1 aliphatic rings. The third-order valence-electron chi connectivity index (χ3n) is 3.81. The molecule has 20 heavy (non-hydrogen) atoms. The first-order chi connectivity index (χ1) is 9.61. The smallest absolute Gasteiger partial charge is 0.308 e. The maximum absolute atomic E-state index is 10.7. The number of aliphatic carboxylic acids is 1. The average Bonchev–Trinajstić information content (AvgIpc) is 3.06. The van der Waals surface area contributed by atoms with Gasteiger partial charge in [-0.2, -0.15) is 0 Å². The molecule has 0 saturated heterocycles. The number of carboxylic acid groups (broad SMARTS) is 1. The Balaban J connectivity index is 1.76. The summed E-state index contributed by atoms with van der Waals surface area (Å²) in [6, 6.07) is 3.88. The molecule has 1 saturated carbocycles. The van der Waals surface area contributed by atoms with E-state index in [4.69, 9.17) is 10.1 Å². The number of hydrogen-bond acceptors (Lipinski definition) is 4. The number of carbonyl (C=O) groups is 1. The van der Waals surface area contributed by atoms with Crippen LogP contribution in [0, 0.1) is 5.92 Å². The number of thiazole rings is 1. The Kier molecular flexibility index (Phi) is 3.89. The van der Waals surface area contributed by atoms with Crippen LogP contribution < -0.4 is 0 Å². The van der Waals surface area contributed by atoms with Crippen molar-refractivity contribution in [1.82, 2.24) is 4.98 Å². The molecule has 0 bridgehead atoms. The number of carboxylic acids is 1. The van der Waals surface area contributed by atoms with Crippen LogP contribution in [0.2, 0.25) is 0 Å². The van der Waals surface area contributed by atoms with E-state index in [1.54, 1.807) is 11.3 Å². The number of hydrogen-bond donors (Lipinski definition) is 1. The number of rotatable bonds is 4. The summed E-state index contributed by atoms with van der Waals surface area (Å²) in [6.45, 7) is 2.31. The number of thiophene rings is 1. The molecular formula is C15H17NO2S2. The van der Waals surface area contributed by atoms with Crippen LogP contribution in [0.1, 0.15) is 42.0 Å². The fraction of sp³-hybridized carbons (Fsp3) is 0.467. The van der Waals surface area contributed by atoms with Crippen molar-refractivity contribution in [1.29, 1.82) is 0 Å². The summed E-state index contributed by atoms with van der Waals surface area (Å²) in [7, 11) is 0. The predicted molar refractivity (Wildman–Crippen MR) is 82.5 cm³/mol. The zero-order valence-electron chi connectivity index (χ0n) is 11.3. The summed E-state index contributed by atoms with van der Waals surface area (Å²) in [5.41, 5.74) is 1.01. The lowest BCUT2D eigenvalue weighted by molar-refractivity contribution is -0.136. The highest BCUT2D eigenvalue weighted by Crippen LogP contribution is 2.40. The summed E-state index contributed by atoms with van der Waals surface area (Å²) < 4.78 is 0. The van der Waals surface area contributed by atoms with E-state index >= 15 is 0 Å². The molecule has 0 aliphatic heterocycles. The van der Waals surface area contributed by atoms with E-state index in [9.17, 15) is 4.79 Å². The first-order valence-electron chi connectivity index (χ1n) is 6.88. The van der Waals surface area contributed by atoms with Gasteiger partial charge in [-0.05, 0) is 30.9 Å². The van der Waals surface area contributed by atoms with E-state index in [-0.39, 0.29) is 6.42 Å². The van der Waals surface area contributed by atoms with Crippen molar-refractivity contribution in [2.24, 2.45) is 5.92 Å². The second kappa shape index (κ2) is 5.66. The van der Waals surface area contributed by atoms with Crippen molar-refractivity contribution in [3.63, 3.8) is 0 Å². The Morgan fingerprint density at radius 3 is 3.00 bits per heavy atom.